The Balaban J connectivity index is 2.68. The lowest BCUT2D eigenvalue weighted by molar-refractivity contribution is -0.145. The maximum atomic E-state index is 11.7. The molecule has 7 heteroatoms. The minimum absolute atomic E-state index is 0.252. The van der Waals surface area contributed by atoms with Gasteiger partial charge in [-0.15, -0.1) is 0 Å². The van der Waals surface area contributed by atoms with Crippen molar-refractivity contribution in [1.82, 2.24) is 5.32 Å². The van der Waals surface area contributed by atoms with Gasteiger partial charge in [-0.05, 0) is 5.56 Å². The van der Waals surface area contributed by atoms with Gasteiger partial charge in [0.05, 0.1) is 13.5 Å². The number of esters is 1. The molecule has 1 amide bonds. The van der Waals surface area contributed by atoms with Gasteiger partial charge >= 0.3 is 11.9 Å². The predicted molar refractivity (Wildman–Crippen MR) is 74.3 cm³/mol. The number of carboxylic acids is 1. The third-order valence-corrected chi connectivity index (χ3v) is 2.83. The Morgan fingerprint density at radius 2 is 1.90 bits per heavy atom. The standard InChI is InChI=1S/C14H18N2O5/c1-21-14(20)11(7-9-5-3-2-4-6-9)16-12(17)8-10(15)13(18)19/h2-6,10-11H,7-8,15H2,1H3,(H,16,17)(H,18,19)/t10-,11+/m1/s1. The van der Waals surface area contributed by atoms with Crippen LogP contribution in [-0.2, 0) is 25.5 Å². The molecule has 1 aromatic rings. The minimum atomic E-state index is -1.31. The molecule has 21 heavy (non-hydrogen) atoms. The molecule has 114 valence electrons. The van der Waals surface area contributed by atoms with Crippen molar-refractivity contribution in [2.45, 2.75) is 24.9 Å². The maximum absolute atomic E-state index is 11.7. The molecule has 0 aliphatic carbocycles. The lowest BCUT2D eigenvalue weighted by Gasteiger charge is -2.17. The number of ether oxygens (including phenoxy) is 1. The Labute approximate surface area is 122 Å². The number of aliphatic carboxylic acids is 1. The molecule has 7 nitrogen and oxygen atoms in total. The van der Waals surface area contributed by atoms with E-state index in [2.05, 4.69) is 10.1 Å². The third kappa shape index (κ3) is 5.62. The maximum Gasteiger partial charge on any atom is 0.328 e. The van der Waals surface area contributed by atoms with Gasteiger partial charge in [0.2, 0.25) is 5.91 Å². The second kappa shape index (κ2) is 8.01. The van der Waals surface area contributed by atoms with Crippen LogP contribution in [-0.4, -0.2) is 42.1 Å². The fourth-order valence-electron chi connectivity index (χ4n) is 1.73. The van der Waals surface area contributed by atoms with Crippen molar-refractivity contribution in [1.29, 1.82) is 0 Å². The second-order valence-electron chi connectivity index (χ2n) is 4.48. The van der Waals surface area contributed by atoms with Gasteiger partial charge in [-0.2, -0.15) is 0 Å². The van der Waals surface area contributed by atoms with Crippen molar-refractivity contribution in [3.05, 3.63) is 35.9 Å². The topological polar surface area (TPSA) is 119 Å². The normalized spacial score (nSPS) is 13.0. The van der Waals surface area contributed by atoms with Gasteiger partial charge in [-0.3, -0.25) is 9.59 Å². The molecule has 0 aromatic heterocycles. The summed E-state index contributed by atoms with van der Waals surface area (Å²) in [5, 5.41) is 11.1. The first kappa shape index (κ1) is 16.6. The van der Waals surface area contributed by atoms with Crippen LogP contribution in [0.5, 0.6) is 0 Å². The van der Waals surface area contributed by atoms with Gasteiger partial charge in [0, 0.05) is 6.42 Å². The molecule has 0 aliphatic heterocycles. The van der Waals surface area contributed by atoms with Crippen LogP contribution in [0.3, 0.4) is 0 Å². The molecule has 0 fully saturated rings. The highest BCUT2D eigenvalue weighted by Crippen LogP contribution is 2.05. The molecule has 0 radical (unpaired) electrons. The van der Waals surface area contributed by atoms with Crippen molar-refractivity contribution >= 4 is 17.8 Å². The molecule has 0 bridgehead atoms. The highest BCUT2D eigenvalue weighted by Gasteiger charge is 2.24. The zero-order chi connectivity index (χ0) is 15.8. The monoisotopic (exact) mass is 294 g/mol. The molecule has 4 N–H and O–H groups in total. The van der Waals surface area contributed by atoms with Crippen LogP contribution in [0.4, 0.5) is 0 Å². The predicted octanol–water partition coefficient (Wildman–Crippen LogP) is -0.311. The molecule has 0 spiro atoms. The quantitative estimate of drug-likeness (QED) is 0.593. The molecule has 0 unspecified atom stereocenters. The average Bonchev–Trinajstić information content (AvgIpc) is 2.46. The van der Waals surface area contributed by atoms with E-state index < -0.39 is 36.4 Å². The van der Waals surface area contributed by atoms with Gasteiger partial charge in [-0.25, -0.2) is 4.79 Å². The van der Waals surface area contributed by atoms with Crippen LogP contribution >= 0.6 is 0 Å². The Kier molecular flexibility index (Phi) is 6.35. The van der Waals surface area contributed by atoms with Crippen molar-refractivity contribution in [3.63, 3.8) is 0 Å². The van der Waals surface area contributed by atoms with Crippen LogP contribution in [0.2, 0.25) is 0 Å². The molecular weight excluding hydrogens is 276 g/mol. The summed E-state index contributed by atoms with van der Waals surface area (Å²) in [7, 11) is 1.22. The number of rotatable bonds is 7. The first-order valence-corrected chi connectivity index (χ1v) is 6.33. The number of benzene rings is 1. The van der Waals surface area contributed by atoms with Gasteiger partial charge in [0.25, 0.3) is 0 Å². The number of carbonyl (C=O) groups excluding carboxylic acids is 2. The fourth-order valence-corrected chi connectivity index (χ4v) is 1.73. The molecule has 2 atom stereocenters. The van der Waals surface area contributed by atoms with Gasteiger partial charge in [-0.1, -0.05) is 30.3 Å². The van der Waals surface area contributed by atoms with Gasteiger partial charge in [0.1, 0.15) is 12.1 Å². The molecule has 0 saturated carbocycles. The molecule has 0 heterocycles. The van der Waals surface area contributed by atoms with E-state index in [0.717, 1.165) is 5.56 Å². The molecule has 0 saturated heterocycles. The smallest absolute Gasteiger partial charge is 0.328 e. The Morgan fingerprint density at radius 1 is 1.29 bits per heavy atom. The summed E-state index contributed by atoms with van der Waals surface area (Å²) in [6, 6.07) is 6.89. The van der Waals surface area contributed by atoms with Crippen LogP contribution in [0.1, 0.15) is 12.0 Å². The number of carbonyl (C=O) groups is 3. The second-order valence-corrected chi connectivity index (χ2v) is 4.48. The molecule has 1 rings (SSSR count). The van der Waals surface area contributed by atoms with E-state index in [-0.39, 0.29) is 6.42 Å². The van der Waals surface area contributed by atoms with Crippen LogP contribution in [0.25, 0.3) is 0 Å². The van der Waals surface area contributed by atoms with Crippen molar-refractivity contribution in [3.8, 4) is 0 Å². The van der Waals surface area contributed by atoms with Crippen LogP contribution < -0.4 is 11.1 Å². The number of hydrogen-bond acceptors (Lipinski definition) is 5. The van der Waals surface area contributed by atoms with E-state index in [4.69, 9.17) is 10.8 Å². The van der Waals surface area contributed by atoms with Crippen molar-refractivity contribution < 1.29 is 24.2 Å². The SMILES string of the molecule is COC(=O)[C@H](Cc1ccccc1)NC(=O)C[C@@H](N)C(=O)O. The lowest BCUT2D eigenvalue weighted by atomic mass is 10.1. The van der Waals surface area contributed by atoms with E-state index in [0.29, 0.717) is 0 Å². The Hall–Kier alpha value is -2.41. The summed E-state index contributed by atoms with van der Waals surface area (Å²) in [5.41, 5.74) is 6.12. The lowest BCUT2D eigenvalue weighted by Crippen LogP contribution is -2.45. The summed E-state index contributed by atoms with van der Waals surface area (Å²) >= 11 is 0. The number of amides is 1. The summed E-state index contributed by atoms with van der Waals surface area (Å²) < 4.78 is 4.64. The van der Waals surface area contributed by atoms with Crippen molar-refractivity contribution in [2.24, 2.45) is 5.73 Å². The summed E-state index contributed by atoms with van der Waals surface area (Å²) in [5.74, 6) is -2.49. The largest absolute Gasteiger partial charge is 0.480 e. The van der Waals surface area contributed by atoms with E-state index in [1.54, 1.807) is 0 Å². The van der Waals surface area contributed by atoms with E-state index in [1.165, 1.54) is 7.11 Å². The zero-order valence-corrected chi connectivity index (χ0v) is 11.6. The van der Waals surface area contributed by atoms with Gasteiger partial charge < -0.3 is 20.9 Å². The number of carboxylic acid groups (broad SMARTS) is 1. The third-order valence-electron chi connectivity index (χ3n) is 2.83. The number of nitrogens with one attached hydrogen (secondary N) is 1. The summed E-state index contributed by atoms with van der Waals surface area (Å²) in [6.45, 7) is 0. The average molecular weight is 294 g/mol. The van der Waals surface area contributed by atoms with Crippen LogP contribution in [0.15, 0.2) is 30.3 Å². The van der Waals surface area contributed by atoms with Crippen LogP contribution in [0, 0.1) is 0 Å². The molecule has 1 aromatic carbocycles. The first-order chi connectivity index (χ1) is 9.93. The summed E-state index contributed by atoms with van der Waals surface area (Å²) in [6.07, 6.45) is -0.154. The first-order valence-electron chi connectivity index (χ1n) is 6.33. The minimum Gasteiger partial charge on any atom is -0.480 e. The molecular formula is C14H18N2O5. The van der Waals surface area contributed by atoms with Crippen molar-refractivity contribution in [2.75, 3.05) is 7.11 Å². The van der Waals surface area contributed by atoms with E-state index in [9.17, 15) is 14.4 Å². The number of hydrogen-bond donors (Lipinski definition) is 3. The number of nitrogens with two attached hydrogens (primary N) is 1. The van der Waals surface area contributed by atoms with E-state index >= 15 is 0 Å². The van der Waals surface area contributed by atoms with Gasteiger partial charge in [0.15, 0.2) is 0 Å². The Bertz CT molecular complexity index is 503. The highest BCUT2D eigenvalue weighted by atomic mass is 16.5. The number of methoxy groups -OCH3 is 1. The zero-order valence-electron chi connectivity index (χ0n) is 11.6. The Morgan fingerprint density at radius 3 is 2.43 bits per heavy atom. The van der Waals surface area contributed by atoms with E-state index in [1.807, 2.05) is 30.3 Å². The fraction of sp³-hybridized carbons (Fsp3) is 0.357. The molecule has 0 aliphatic rings. The summed E-state index contributed by atoms with van der Waals surface area (Å²) in [4.78, 5) is 34.0. The highest BCUT2D eigenvalue weighted by molar-refractivity contribution is 5.88.